The van der Waals surface area contributed by atoms with Crippen LogP contribution in [0.3, 0.4) is 0 Å². The van der Waals surface area contributed by atoms with Gasteiger partial charge in [0.15, 0.2) is 0 Å². The molecule has 1 atom stereocenters. The molecule has 1 aliphatic carbocycles. The second kappa shape index (κ2) is 6.00. The van der Waals surface area contributed by atoms with Crippen molar-refractivity contribution in [1.82, 2.24) is 10.2 Å². The fraction of sp³-hybridized carbons (Fsp3) is 0.571. The molecule has 0 saturated heterocycles. The Balaban J connectivity index is 1.75. The summed E-state index contributed by atoms with van der Waals surface area (Å²) >= 11 is 5.65. The van der Waals surface area contributed by atoms with E-state index in [4.69, 9.17) is 11.6 Å². The number of likely N-dealkylation sites (N-methyl/N-ethyl adjacent to an activating group) is 1. The number of nitrogens with zero attached hydrogens (tertiary/aromatic N) is 1. The van der Waals surface area contributed by atoms with Crippen LogP contribution >= 0.6 is 11.6 Å². The van der Waals surface area contributed by atoms with E-state index in [0.29, 0.717) is 12.6 Å². The van der Waals surface area contributed by atoms with Crippen molar-refractivity contribution in [3.63, 3.8) is 0 Å². The van der Waals surface area contributed by atoms with Gasteiger partial charge < -0.3 is 5.32 Å². The van der Waals surface area contributed by atoms with Crippen LogP contribution in [0.4, 0.5) is 4.39 Å². The zero-order valence-corrected chi connectivity index (χ0v) is 11.7. The van der Waals surface area contributed by atoms with Gasteiger partial charge in [-0.25, -0.2) is 4.39 Å². The van der Waals surface area contributed by atoms with Crippen molar-refractivity contribution in [2.75, 3.05) is 13.6 Å². The van der Waals surface area contributed by atoms with E-state index in [0.717, 1.165) is 18.2 Å². The van der Waals surface area contributed by atoms with E-state index in [1.54, 1.807) is 6.07 Å². The number of halogens is 2. The Morgan fingerprint density at radius 2 is 2.22 bits per heavy atom. The lowest BCUT2D eigenvalue weighted by molar-refractivity contribution is 0.241. The van der Waals surface area contributed by atoms with Crippen molar-refractivity contribution in [1.29, 1.82) is 0 Å². The molecule has 0 bridgehead atoms. The van der Waals surface area contributed by atoms with Gasteiger partial charge in [-0.3, -0.25) is 4.90 Å². The van der Waals surface area contributed by atoms with Crippen LogP contribution in [-0.2, 0) is 6.54 Å². The first-order valence-corrected chi connectivity index (χ1v) is 6.82. The Labute approximate surface area is 113 Å². The molecule has 0 amide bonds. The Hall–Kier alpha value is -0.640. The van der Waals surface area contributed by atoms with Crippen LogP contribution in [0.5, 0.6) is 0 Å². The molecule has 0 spiro atoms. The molecule has 1 N–H and O–H groups in total. The maximum Gasteiger partial charge on any atom is 0.142 e. The minimum Gasteiger partial charge on any atom is -0.311 e. The first-order chi connectivity index (χ1) is 8.58. The SMILES string of the molecule is CC(CNCc1ccc(Cl)c(F)c1)N(C)C1CC1. The van der Waals surface area contributed by atoms with E-state index in [1.807, 2.05) is 6.07 Å². The van der Waals surface area contributed by atoms with Crippen LogP contribution in [0, 0.1) is 5.82 Å². The lowest BCUT2D eigenvalue weighted by Gasteiger charge is -2.24. The predicted octanol–water partition coefficient (Wildman–Crippen LogP) is 3.05. The summed E-state index contributed by atoms with van der Waals surface area (Å²) in [6, 6.07) is 6.23. The van der Waals surface area contributed by atoms with E-state index in [1.165, 1.54) is 18.9 Å². The van der Waals surface area contributed by atoms with Gasteiger partial charge in [-0.2, -0.15) is 0 Å². The number of hydrogen-bond acceptors (Lipinski definition) is 2. The average Bonchev–Trinajstić information content (AvgIpc) is 3.16. The second-order valence-electron chi connectivity index (χ2n) is 5.13. The van der Waals surface area contributed by atoms with E-state index in [-0.39, 0.29) is 10.8 Å². The number of nitrogens with one attached hydrogen (secondary N) is 1. The number of benzene rings is 1. The largest absolute Gasteiger partial charge is 0.311 e. The van der Waals surface area contributed by atoms with Gasteiger partial charge >= 0.3 is 0 Å². The maximum absolute atomic E-state index is 13.2. The van der Waals surface area contributed by atoms with Gasteiger partial charge in [-0.15, -0.1) is 0 Å². The van der Waals surface area contributed by atoms with E-state index in [2.05, 4.69) is 24.2 Å². The lowest BCUT2D eigenvalue weighted by atomic mass is 10.2. The van der Waals surface area contributed by atoms with Gasteiger partial charge in [0, 0.05) is 25.2 Å². The van der Waals surface area contributed by atoms with E-state index >= 15 is 0 Å². The highest BCUT2D eigenvalue weighted by Gasteiger charge is 2.28. The van der Waals surface area contributed by atoms with Gasteiger partial charge in [0.25, 0.3) is 0 Å². The molecule has 0 aromatic heterocycles. The fourth-order valence-corrected chi connectivity index (χ4v) is 2.18. The standard InChI is InChI=1S/C14H20ClFN2/c1-10(18(2)12-4-5-12)8-17-9-11-3-6-13(15)14(16)7-11/h3,6-7,10,12,17H,4-5,8-9H2,1-2H3. The van der Waals surface area contributed by atoms with Crippen molar-refractivity contribution in [3.8, 4) is 0 Å². The normalized spacial score (nSPS) is 17.2. The third-order valence-corrected chi connectivity index (χ3v) is 3.88. The summed E-state index contributed by atoms with van der Waals surface area (Å²) in [6.45, 7) is 3.81. The highest BCUT2D eigenvalue weighted by Crippen LogP contribution is 2.26. The second-order valence-corrected chi connectivity index (χ2v) is 5.53. The smallest absolute Gasteiger partial charge is 0.142 e. The summed E-state index contributed by atoms with van der Waals surface area (Å²) in [5, 5.41) is 3.54. The molecule has 18 heavy (non-hydrogen) atoms. The highest BCUT2D eigenvalue weighted by molar-refractivity contribution is 6.30. The molecule has 1 saturated carbocycles. The van der Waals surface area contributed by atoms with Crippen molar-refractivity contribution >= 4 is 11.6 Å². The van der Waals surface area contributed by atoms with Crippen LogP contribution in [0.15, 0.2) is 18.2 Å². The summed E-state index contributed by atoms with van der Waals surface area (Å²) in [6.07, 6.45) is 2.65. The van der Waals surface area contributed by atoms with Crippen LogP contribution < -0.4 is 5.32 Å². The summed E-state index contributed by atoms with van der Waals surface area (Å²) in [5.41, 5.74) is 0.929. The van der Waals surface area contributed by atoms with Gasteiger partial charge in [-0.05, 0) is 44.5 Å². The summed E-state index contributed by atoms with van der Waals surface area (Å²) in [4.78, 5) is 2.41. The van der Waals surface area contributed by atoms with Crippen molar-refractivity contribution in [3.05, 3.63) is 34.6 Å². The molecule has 2 nitrogen and oxygen atoms in total. The Bertz CT molecular complexity index is 407. The molecule has 0 radical (unpaired) electrons. The van der Waals surface area contributed by atoms with Crippen LogP contribution in [-0.4, -0.2) is 30.6 Å². The lowest BCUT2D eigenvalue weighted by Crippen LogP contribution is -2.38. The minimum absolute atomic E-state index is 0.181. The monoisotopic (exact) mass is 270 g/mol. The zero-order chi connectivity index (χ0) is 13.1. The fourth-order valence-electron chi connectivity index (χ4n) is 2.06. The van der Waals surface area contributed by atoms with Crippen LogP contribution in [0.2, 0.25) is 5.02 Å². The van der Waals surface area contributed by atoms with Gasteiger partial charge in [0.05, 0.1) is 5.02 Å². The van der Waals surface area contributed by atoms with Gasteiger partial charge in [0.2, 0.25) is 0 Å². The summed E-state index contributed by atoms with van der Waals surface area (Å²) in [5.74, 6) is -0.348. The molecule has 1 aromatic carbocycles. The first kappa shape index (κ1) is 13.8. The first-order valence-electron chi connectivity index (χ1n) is 6.44. The highest BCUT2D eigenvalue weighted by atomic mass is 35.5. The van der Waals surface area contributed by atoms with Gasteiger partial charge in [-0.1, -0.05) is 17.7 Å². The summed E-state index contributed by atoms with van der Waals surface area (Å²) in [7, 11) is 2.17. The quantitative estimate of drug-likeness (QED) is 0.855. The summed E-state index contributed by atoms with van der Waals surface area (Å²) < 4.78 is 13.2. The Kier molecular flexibility index (Phi) is 4.60. The van der Waals surface area contributed by atoms with Crippen molar-refractivity contribution < 1.29 is 4.39 Å². The zero-order valence-electron chi connectivity index (χ0n) is 10.9. The molecule has 1 aromatic rings. The molecule has 0 aliphatic heterocycles. The minimum atomic E-state index is -0.348. The van der Waals surface area contributed by atoms with Crippen LogP contribution in [0.1, 0.15) is 25.3 Å². The van der Waals surface area contributed by atoms with Crippen molar-refractivity contribution in [2.24, 2.45) is 0 Å². The molecule has 1 aliphatic rings. The molecule has 1 fully saturated rings. The van der Waals surface area contributed by atoms with E-state index < -0.39 is 0 Å². The molecular weight excluding hydrogens is 251 g/mol. The van der Waals surface area contributed by atoms with Gasteiger partial charge in [0.1, 0.15) is 5.82 Å². The molecule has 2 rings (SSSR count). The Morgan fingerprint density at radius 1 is 1.50 bits per heavy atom. The third kappa shape index (κ3) is 3.67. The molecule has 0 heterocycles. The maximum atomic E-state index is 13.2. The number of rotatable bonds is 6. The van der Waals surface area contributed by atoms with Crippen LogP contribution in [0.25, 0.3) is 0 Å². The molecule has 4 heteroatoms. The van der Waals surface area contributed by atoms with E-state index in [9.17, 15) is 4.39 Å². The number of hydrogen-bond donors (Lipinski definition) is 1. The molecular formula is C14H20ClFN2. The molecule has 1 unspecified atom stereocenters. The predicted molar refractivity (Wildman–Crippen MR) is 73.4 cm³/mol. The van der Waals surface area contributed by atoms with Crippen molar-refractivity contribution in [2.45, 2.75) is 38.4 Å². The third-order valence-electron chi connectivity index (χ3n) is 3.57. The average molecular weight is 271 g/mol. The topological polar surface area (TPSA) is 15.3 Å². The molecule has 100 valence electrons. The Morgan fingerprint density at radius 3 is 2.83 bits per heavy atom.